The maximum Gasteiger partial charge on any atom is 0.220 e. The topological polar surface area (TPSA) is 59.3 Å². The first-order chi connectivity index (χ1) is 11.2. The molecule has 0 bridgehead atoms. The smallest absolute Gasteiger partial charge is 0.220 e. The van der Waals surface area contributed by atoms with E-state index in [9.17, 15) is 4.79 Å². The first-order valence-corrected chi connectivity index (χ1v) is 9.13. The lowest BCUT2D eigenvalue weighted by Gasteiger charge is -2.04. The van der Waals surface area contributed by atoms with Gasteiger partial charge in [0.05, 0.1) is 3.79 Å². The van der Waals surface area contributed by atoms with Crippen molar-refractivity contribution < 1.29 is 4.79 Å². The van der Waals surface area contributed by atoms with Crippen molar-refractivity contribution in [2.45, 2.75) is 25.7 Å². The van der Waals surface area contributed by atoms with Crippen molar-refractivity contribution in [1.29, 1.82) is 0 Å². The predicted octanol–water partition coefficient (Wildman–Crippen LogP) is 3.23. The second-order valence-electron chi connectivity index (χ2n) is 5.20. The normalized spacial score (nSPS) is 11.0. The number of rotatable bonds is 7. The van der Waals surface area contributed by atoms with Crippen molar-refractivity contribution in [1.82, 2.24) is 19.9 Å². The van der Waals surface area contributed by atoms with Gasteiger partial charge in [-0.1, -0.05) is 6.07 Å². The molecule has 23 heavy (non-hydrogen) atoms. The van der Waals surface area contributed by atoms with E-state index in [1.54, 1.807) is 11.3 Å². The molecule has 0 fully saturated rings. The molecule has 0 aliphatic rings. The highest BCUT2D eigenvalue weighted by Gasteiger charge is 2.06. The average Bonchev–Trinajstić information content (AvgIpc) is 3.14. The molecule has 7 heteroatoms. The first-order valence-electron chi connectivity index (χ1n) is 7.52. The lowest BCUT2D eigenvalue weighted by molar-refractivity contribution is -0.121. The standard InChI is InChI=1S/C16H17BrN4OS/c17-13-8-7-12(23-13)4-3-6-16(22)18-10-9-15-20-19-14-5-1-2-11-21(14)15/h1-2,5,7-8,11H,3-4,6,9-10H2,(H,18,22). The van der Waals surface area contributed by atoms with E-state index in [4.69, 9.17) is 0 Å². The summed E-state index contributed by atoms with van der Waals surface area (Å²) in [6.45, 7) is 0.582. The third kappa shape index (κ3) is 4.39. The molecular weight excluding hydrogens is 376 g/mol. The Morgan fingerprint density at radius 3 is 2.96 bits per heavy atom. The number of aromatic nitrogens is 3. The van der Waals surface area contributed by atoms with Gasteiger partial charge in [0.1, 0.15) is 5.82 Å². The van der Waals surface area contributed by atoms with Gasteiger partial charge in [-0.05, 0) is 53.0 Å². The van der Waals surface area contributed by atoms with E-state index in [0.29, 0.717) is 19.4 Å². The summed E-state index contributed by atoms with van der Waals surface area (Å²) in [5, 5.41) is 11.2. The lowest BCUT2D eigenvalue weighted by Crippen LogP contribution is -2.26. The summed E-state index contributed by atoms with van der Waals surface area (Å²) in [4.78, 5) is 13.2. The Kier molecular flexibility index (Phi) is 5.40. The van der Waals surface area contributed by atoms with Crippen LogP contribution in [0.4, 0.5) is 0 Å². The molecule has 3 aromatic heterocycles. The minimum atomic E-state index is 0.0921. The quantitative estimate of drug-likeness (QED) is 0.671. The third-order valence-corrected chi connectivity index (χ3v) is 5.19. The Labute approximate surface area is 146 Å². The van der Waals surface area contributed by atoms with Gasteiger partial charge in [-0.15, -0.1) is 21.5 Å². The fourth-order valence-electron chi connectivity index (χ4n) is 2.37. The maximum absolute atomic E-state index is 11.9. The van der Waals surface area contributed by atoms with E-state index in [1.165, 1.54) is 4.88 Å². The van der Waals surface area contributed by atoms with Crippen molar-refractivity contribution in [3.63, 3.8) is 0 Å². The fourth-order valence-corrected chi connectivity index (χ4v) is 3.90. The number of aryl methyl sites for hydroxylation is 1. The molecule has 5 nitrogen and oxygen atoms in total. The molecule has 0 aliphatic carbocycles. The molecule has 0 radical (unpaired) electrons. The second kappa shape index (κ2) is 7.70. The summed E-state index contributed by atoms with van der Waals surface area (Å²) in [6.07, 6.45) is 4.97. The van der Waals surface area contributed by atoms with Crippen LogP contribution in [0.15, 0.2) is 40.3 Å². The summed E-state index contributed by atoms with van der Waals surface area (Å²) >= 11 is 5.17. The minimum absolute atomic E-state index is 0.0921. The number of nitrogens with one attached hydrogen (secondary N) is 1. The molecule has 1 amide bonds. The summed E-state index contributed by atoms with van der Waals surface area (Å²) in [5.74, 6) is 0.957. The van der Waals surface area contributed by atoms with Gasteiger partial charge in [-0.2, -0.15) is 0 Å². The zero-order valence-corrected chi connectivity index (χ0v) is 14.9. The molecule has 0 spiro atoms. The molecule has 0 atom stereocenters. The Morgan fingerprint density at radius 1 is 1.22 bits per heavy atom. The van der Waals surface area contributed by atoms with Crippen LogP contribution in [-0.2, 0) is 17.6 Å². The first kappa shape index (κ1) is 16.1. The van der Waals surface area contributed by atoms with Gasteiger partial charge in [0.15, 0.2) is 5.65 Å². The summed E-state index contributed by atoms with van der Waals surface area (Å²) in [5.41, 5.74) is 0.830. The number of hydrogen-bond donors (Lipinski definition) is 1. The van der Waals surface area contributed by atoms with Gasteiger partial charge in [-0.3, -0.25) is 9.20 Å². The monoisotopic (exact) mass is 392 g/mol. The van der Waals surface area contributed by atoms with Crippen molar-refractivity contribution in [2.24, 2.45) is 0 Å². The number of thiophene rings is 1. The van der Waals surface area contributed by atoms with E-state index in [0.717, 1.165) is 28.1 Å². The van der Waals surface area contributed by atoms with Crippen molar-refractivity contribution in [3.05, 3.63) is 51.0 Å². The van der Waals surface area contributed by atoms with Gasteiger partial charge in [0.2, 0.25) is 5.91 Å². The number of carbonyl (C=O) groups excluding carboxylic acids is 1. The molecular formula is C16H17BrN4OS. The Bertz CT molecular complexity index is 798. The zero-order chi connectivity index (χ0) is 16.1. The average molecular weight is 393 g/mol. The van der Waals surface area contributed by atoms with Gasteiger partial charge >= 0.3 is 0 Å². The highest BCUT2D eigenvalue weighted by Crippen LogP contribution is 2.23. The molecule has 0 saturated heterocycles. The molecule has 1 N–H and O–H groups in total. The fraction of sp³-hybridized carbons (Fsp3) is 0.312. The van der Waals surface area contributed by atoms with Gasteiger partial charge < -0.3 is 5.32 Å². The molecule has 3 heterocycles. The van der Waals surface area contributed by atoms with Crippen molar-refractivity contribution in [2.75, 3.05) is 6.54 Å². The van der Waals surface area contributed by atoms with Crippen LogP contribution in [0.2, 0.25) is 0 Å². The molecule has 0 unspecified atom stereocenters. The molecule has 0 saturated carbocycles. The number of fused-ring (bicyclic) bond motifs is 1. The highest BCUT2D eigenvalue weighted by molar-refractivity contribution is 9.11. The second-order valence-corrected chi connectivity index (χ2v) is 7.75. The van der Waals surface area contributed by atoms with Crippen LogP contribution in [-0.4, -0.2) is 27.0 Å². The maximum atomic E-state index is 11.9. The third-order valence-electron chi connectivity index (χ3n) is 3.51. The van der Waals surface area contributed by atoms with Crippen LogP contribution < -0.4 is 5.32 Å². The van der Waals surface area contributed by atoms with Crippen LogP contribution in [0.25, 0.3) is 5.65 Å². The number of nitrogens with zero attached hydrogens (tertiary/aromatic N) is 3. The molecule has 3 rings (SSSR count). The van der Waals surface area contributed by atoms with Gasteiger partial charge in [0.25, 0.3) is 0 Å². The SMILES string of the molecule is O=C(CCCc1ccc(Br)s1)NCCc1nnc2ccccn12. The summed E-state index contributed by atoms with van der Waals surface area (Å²) in [6, 6.07) is 9.94. The van der Waals surface area contributed by atoms with Gasteiger partial charge in [0, 0.05) is 30.5 Å². The van der Waals surface area contributed by atoms with Crippen LogP contribution in [0.3, 0.4) is 0 Å². The summed E-state index contributed by atoms with van der Waals surface area (Å²) in [7, 11) is 0. The minimum Gasteiger partial charge on any atom is -0.356 e. The van der Waals surface area contributed by atoms with E-state index >= 15 is 0 Å². The van der Waals surface area contributed by atoms with Crippen LogP contribution >= 0.6 is 27.3 Å². The van der Waals surface area contributed by atoms with Gasteiger partial charge in [-0.25, -0.2) is 0 Å². The van der Waals surface area contributed by atoms with Crippen molar-refractivity contribution in [3.8, 4) is 0 Å². The Balaban J connectivity index is 1.39. The molecule has 3 aromatic rings. The van der Waals surface area contributed by atoms with E-state index in [1.807, 2.05) is 34.9 Å². The zero-order valence-electron chi connectivity index (χ0n) is 12.5. The number of amides is 1. The number of hydrogen-bond acceptors (Lipinski definition) is 4. The lowest BCUT2D eigenvalue weighted by atomic mass is 10.2. The Hall–Kier alpha value is -1.73. The van der Waals surface area contributed by atoms with E-state index in [-0.39, 0.29) is 5.91 Å². The molecule has 0 aromatic carbocycles. The number of halogens is 1. The number of pyridine rings is 1. The summed E-state index contributed by atoms with van der Waals surface area (Å²) < 4.78 is 3.08. The predicted molar refractivity (Wildman–Crippen MR) is 94.7 cm³/mol. The van der Waals surface area contributed by atoms with E-state index < -0.39 is 0 Å². The van der Waals surface area contributed by atoms with Crippen LogP contribution in [0.1, 0.15) is 23.5 Å². The van der Waals surface area contributed by atoms with Crippen LogP contribution in [0, 0.1) is 0 Å². The van der Waals surface area contributed by atoms with Crippen molar-refractivity contribution >= 4 is 38.8 Å². The van der Waals surface area contributed by atoms with E-state index in [2.05, 4.69) is 37.5 Å². The molecule has 120 valence electrons. The van der Waals surface area contributed by atoms with Crippen LogP contribution in [0.5, 0.6) is 0 Å². The Morgan fingerprint density at radius 2 is 2.13 bits per heavy atom. The molecule has 0 aliphatic heterocycles. The number of carbonyl (C=O) groups is 1. The highest BCUT2D eigenvalue weighted by atomic mass is 79.9. The largest absolute Gasteiger partial charge is 0.356 e.